The Bertz CT molecular complexity index is 1120. The van der Waals surface area contributed by atoms with Crippen molar-refractivity contribution in [3.05, 3.63) is 54.2 Å². The van der Waals surface area contributed by atoms with Gasteiger partial charge in [0.1, 0.15) is 0 Å². The SMILES string of the molecule is CN1CCC(Sc2ccc3nccc(Nc4ccc5scnc5c4)c3c2)CC1. The van der Waals surface area contributed by atoms with Gasteiger partial charge in [-0.05, 0) is 75.4 Å². The number of hydrogen-bond acceptors (Lipinski definition) is 6. The van der Waals surface area contributed by atoms with Crippen molar-refractivity contribution < 1.29 is 0 Å². The first-order valence-electron chi connectivity index (χ1n) is 9.59. The van der Waals surface area contributed by atoms with Gasteiger partial charge in [-0.2, -0.15) is 0 Å². The fourth-order valence-corrected chi connectivity index (χ4v) is 5.52. The van der Waals surface area contributed by atoms with Gasteiger partial charge in [-0.3, -0.25) is 4.98 Å². The Balaban J connectivity index is 1.43. The predicted octanol–water partition coefficient (Wildman–Crippen LogP) is 5.77. The van der Waals surface area contributed by atoms with Crippen molar-refractivity contribution in [2.24, 2.45) is 0 Å². The van der Waals surface area contributed by atoms with Crippen molar-refractivity contribution in [1.82, 2.24) is 14.9 Å². The highest BCUT2D eigenvalue weighted by Crippen LogP contribution is 2.34. The van der Waals surface area contributed by atoms with Crippen LogP contribution in [0.4, 0.5) is 11.4 Å². The lowest BCUT2D eigenvalue weighted by molar-refractivity contribution is 0.282. The lowest BCUT2D eigenvalue weighted by Crippen LogP contribution is -2.31. The number of pyridine rings is 1. The minimum absolute atomic E-state index is 0.703. The monoisotopic (exact) mass is 406 g/mol. The zero-order valence-electron chi connectivity index (χ0n) is 15.8. The molecule has 1 N–H and O–H groups in total. The molecule has 0 amide bonds. The van der Waals surface area contributed by atoms with Crippen molar-refractivity contribution in [2.75, 3.05) is 25.5 Å². The van der Waals surface area contributed by atoms with E-state index in [1.165, 1.54) is 40.9 Å². The molecular weight excluding hydrogens is 384 g/mol. The van der Waals surface area contributed by atoms with E-state index in [4.69, 9.17) is 0 Å². The summed E-state index contributed by atoms with van der Waals surface area (Å²) in [5.41, 5.74) is 6.09. The number of benzene rings is 2. The largest absolute Gasteiger partial charge is 0.355 e. The number of anilines is 2. The van der Waals surface area contributed by atoms with Crippen LogP contribution in [0.15, 0.2) is 59.1 Å². The Kier molecular flexibility index (Phi) is 4.93. The third-order valence-corrected chi connectivity index (χ3v) is 7.43. The maximum Gasteiger partial charge on any atom is 0.0832 e. The second-order valence-corrected chi connectivity index (χ2v) is 9.58. The number of hydrogen-bond donors (Lipinski definition) is 1. The smallest absolute Gasteiger partial charge is 0.0832 e. The summed E-state index contributed by atoms with van der Waals surface area (Å²) < 4.78 is 1.21. The molecule has 1 aliphatic heterocycles. The zero-order chi connectivity index (χ0) is 18.9. The molecule has 4 aromatic rings. The standard InChI is InChI=1S/C22H22N4S2/c1-26-10-7-16(8-11-26)28-17-3-4-19-18(13-17)20(6-9-23-19)25-15-2-5-22-21(12-15)24-14-27-22/h2-6,9,12-14,16H,7-8,10-11H2,1H3,(H,23,25). The Morgan fingerprint density at radius 2 is 1.93 bits per heavy atom. The van der Waals surface area contributed by atoms with E-state index in [1.807, 2.05) is 23.5 Å². The number of nitrogens with zero attached hydrogens (tertiary/aromatic N) is 3. The minimum Gasteiger partial charge on any atom is -0.355 e. The van der Waals surface area contributed by atoms with Crippen LogP contribution in [0, 0.1) is 0 Å². The molecule has 0 unspecified atom stereocenters. The van der Waals surface area contributed by atoms with Crippen molar-refractivity contribution in [1.29, 1.82) is 0 Å². The lowest BCUT2D eigenvalue weighted by atomic mass is 10.1. The number of likely N-dealkylation sites (tertiary alicyclic amines) is 1. The molecule has 1 aliphatic rings. The second-order valence-electron chi connectivity index (χ2n) is 7.32. The Labute approximate surface area is 173 Å². The van der Waals surface area contributed by atoms with Gasteiger partial charge in [0.05, 0.1) is 21.2 Å². The van der Waals surface area contributed by atoms with Gasteiger partial charge in [0.15, 0.2) is 0 Å². The summed E-state index contributed by atoms with van der Waals surface area (Å²) in [7, 11) is 2.21. The molecular formula is C22H22N4S2. The first kappa shape index (κ1) is 17.9. The van der Waals surface area contributed by atoms with Crippen LogP contribution < -0.4 is 5.32 Å². The zero-order valence-corrected chi connectivity index (χ0v) is 17.4. The summed E-state index contributed by atoms with van der Waals surface area (Å²) in [6.45, 7) is 2.39. The summed E-state index contributed by atoms with van der Waals surface area (Å²) in [5, 5.41) is 5.44. The average Bonchev–Trinajstić information content (AvgIpc) is 3.18. The summed E-state index contributed by atoms with van der Waals surface area (Å²) in [6, 6.07) is 15.0. The van der Waals surface area contributed by atoms with Crippen molar-refractivity contribution in [3.63, 3.8) is 0 Å². The van der Waals surface area contributed by atoms with E-state index in [9.17, 15) is 0 Å². The molecule has 2 aromatic heterocycles. The first-order chi connectivity index (χ1) is 13.7. The highest BCUT2D eigenvalue weighted by molar-refractivity contribution is 8.00. The number of thiazole rings is 1. The summed E-state index contributed by atoms with van der Waals surface area (Å²) in [4.78, 5) is 12.7. The first-order valence-corrected chi connectivity index (χ1v) is 11.3. The third-order valence-electron chi connectivity index (χ3n) is 5.29. The normalized spacial score (nSPS) is 16.0. The van der Waals surface area contributed by atoms with Gasteiger partial charge < -0.3 is 10.2 Å². The van der Waals surface area contributed by atoms with Crippen molar-refractivity contribution >= 4 is 55.6 Å². The fraction of sp³-hybridized carbons (Fsp3) is 0.273. The summed E-state index contributed by atoms with van der Waals surface area (Å²) in [6.07, 6.45) is 4.38. The second kappa shape index (κ2) is 7.70. The van der Waals surface area contributed by atoms with Crippen molar-refractivity contribution in [2.45, 2.75) is 23.0 Å². The Hall–Kier alpha value is -2.15. The average molecular weight is 407 g/mol. The molecule has 6 heteroatoms. The summed E-state index contributed by atoms with van der Waals surface area (Å²) in [5.74, 6) is 0. The van der Waals surface area contributed by atoms with Crippen LogP contribution >= 0.6 is 23.1 Å². The van der Waals surface area contributed by atoms with Gasteiger partial charge in [-0.15, -0.1) is 23.1 Å². The molecule has 28 heavy (non-hydrogen) atoms. The van der Waals surface area contributed by atoms with E-state index in [1.54, 1.807) is 11.3 Å². The number of aromatic nitrogens is 2. The number of piperidine rings is 1. The molecule has 3 heterocycles. The predicted molar refractivity (Wildman–Crippen MR) is 121 cm³/mol. The van der Waals surface area contributed by atoms with Crippen LogP contribution in [0.2, 0.25) is 0 Å². The molecule has 1 saturated heterocycles. The van der Waals surface area contributed by atoms with E-state index in [-0.39, 0.29) is 0 Å². The molecule has 2 aromatic carbocycles. The topological polar surface area (TPSA) is 41.1 Å². The van der Waals surface area contributed by atoms with Gasteiger partial charge >= 0.3 is 0 Å². The lowest BCUT2D eigenvalue weighted by Gasteiger charge is -2.28. The molecule has 142 valence electrons. The Morgan fingerprint density at radius 1 is 1.04 bits per heavy atom. The molecule has 0 aliphatic carbocycles. The van der Waals surface area contributed by atoms with Gasteiger partial charge in [0.25, 0.3) is 0 Å². The Morgan fingerprint density at radius 3 is 2.82 bits per heavy atom. The fourth-order valence-electron chi connectivity index (χ4n) is 3.69. The van der Waals surface area contributed by atoms with Crippen LogP contribution in [0.5, 0.6) is 0 Å². The molecule has 4 nitrogen and oxygen atoms in total. The minimum atomic E-state index is 0.703. The molecule has 5 rings (SSSR count). The van der Waals surface area contributed by atoms with E-state index < -0.39 is 0 Å². The number of rotatable bonds is 4. The third kappa shape index (κ3) is 3.72. The molecule has 0 spiro atoms. The van der Waals surface area contributed by atoms with Gasteiger partial charge in [-0.1, -0.05) is 0 Å². The number of thioether (sulfide) groups is 1. The van der Waals surface area contributed by atoms with Gasteiger partial charge in [-0.25, -0.2) is 4.98 Å². The number of fused-ring (bicyclic) bond motifs is 2. The van der Waals surface area contributed by atoms with Crippen LogP contribution in [0.25, 0.3) is 21.1 Å². The van der Waals surface area contributed by atoms with E-state index in [0.29, 0.717) is 5.25 Å². The molecule has 0 atom stereocenters. The quantitative estimate of drug-likeness (QED) is 0.466. The highest BCUT2D eigenvalue weighted by atomic mass is 32.2. The molecule has 1 fully saturated rings. The molecule has 0 saturated carbocycles. The van der Waals surface area contributed by atoms with E-state index >= 15 is 0 Å². The summed E-state index contributed by atoms with van der Waals surface area (Å²) >= 11 is 3.68. The van der Waals surface area contributed by atoms with Gasteiger partial charge in [0.2, 0.25) is 0 Å². The maximum absolute atomic E-state index is 4.56. The van der Waals surface area contributed by atoms with Crippen LogP contribution in [-0.2, 0) is 0 Å². The van der Waals surface area contributed by atoms with Crippen LogP contribution in [0.1, 0.15) is 12.8 Å². The highest BCUT2D eigenvalue weighted by Gasteiger charge is 2.18. The van der Waals surface area contributed by atoms with E-state index in [2.05, 4.69) is 69.7 Å². The van der Waals surface area contributed by atoms with E-state index in [0.717, 1.165) is 22.4 Å². The van der Waals surface area contributed by atoms with Gasteiger partial charge in [0, 0.05) is 33.1 Å². The molecule has 0 radical (unpaired) electrons. The number of nitrogens with one attached hydrogen (secondary N) is 1. The van der Waals surface area contributed by atoms with Crippen LogP contribution in [-0.4, -0.2) is 40.3 Å². The maximum atomic E-state index is 4.56. The van der Waals surface area contributed by atoms with Crippen LogP contribution in [0.3, 0.4) is 0 Å². The van der Waals surface area contributed by atoms with Crippen molar-refractivity contribution in [3.8, 4) is 0 Å². The molecule has 0 bridgehead atoms.